The van der Waals surface area contributed by atoms with Crippen molar-refractivity contribution in [3.05, 3.63) is 83.3 Å². The number of carbonyl (C=O) groups is 1. The van der Waals surface area contributed by atoms with Crippen molar-refractivity contribution in [1.82, 2.24) is 20.3 Å². The summed E-state index contributed by atoms with van der Waals surface area (Å²) in [7, 11) is 0. The zero-order valence-electron chi connectivity index (χ0n) is 16.5. The van der Waals surface area contributed by atoms with Gasteiger partial charge in [0.25, 0.3) is 5.91 Å². The summed E-state index contributed by atoms with van der Waals surface area (Å²) < 4.78 is 0. The quantitative estimate of drug-likeness (QED) is 0.462. The topological polar surface area (TPSA) is 82.7 Å². The van der Waals surface area contributed by atoms with Crippen LogP contribution in [0.4, 0.5) is 11.6 Å². The van der Waals surface area contributed by atoms with Gasteiger partial charge >= 0.3 is 0 Å². The summed E-state index contributed by atoms with van der Waals surface area (Å²) in [6, 6.07) is 14.3. The van der Waals surface area contributed by atoms with Crippen LogP contribution in [0.3, 0.4) is 0 Å². The van der Waals surface area contributed by atoms with Crippen LogP contribution in [0.25, 0.3) is 10.9 Å². The minimum absolute atomic E-state index is 0.178. The monoisotopic (exact) mass is 385 g/mol. The van der Waals surface area contributed by atoms with Crippen LogP contribution < -0.4 is 10.6 Å². The van der Waals surface area contributed by atoms with Crippen molar-refractivity contribution in [3.63, 3.8) is 0 Å². The zero-order valence-corrected chi connectivity index (χ0v) is 16.5. The summed E-state index contributed by atoms with van der Waals surface area (Å²) in [6.07, 6.45) is 5.83. The maximum atomic E-state index is 12.4. The SMILES string of the molecule is Cc1ccc(C)c(Nc2ncc(C(=O)NCCc3c[nH]c4ccccc34)cn2)c1. The third-order valence-corrected chi connectivity index (χ3v) is 4.91. The number of hydrogen-bond donors (Lipinski definition) is 3. The summed E-state index contributed by atoms with van der Waals surface area (Å²) in [4.78, 5) is 24.2. The number of aromatic nitrogens is 3. The molecule has 0 aliphatic rings. The van der Waals surface area contributed by atoms with E-state index in [9.17, 15) is 4.79 Å². The molecule has 6 nitrogen and oxygen atoms in total. The van der Waals surface area contributed by atoms with Gasteiger partial charge in [0.2, 0.25) is 5.95 Å². The Hall–Kier alpha value is -3.67. The summed E-state index contributed by atoms with van der Waals surface area (Å²) in [5, 5.41) is 7.32. The first-order valence-corrected chi connectivity index (χ1v) is 9.59. The molecule has 0 saturated heterocycles. The number of H-pyrrole nitrogens is 1. The molecule has 0 spiro atoms. The molecular formula is C23H23N5O. The predicted molar refractivity (Wildman–Crippen MR) is 116 cm³/mol. The van der Waals surface area contributed by atoms with Crippen molar-refractivity contribution in [3.8, 4) is 0 Å². The van der Waals surface area contributed by atoms with Gasteiger partial charge in [-0.1, -0.05) is 30.3 Å². The molecule has 0 saturated carbocycles. The first-order chi connectivity index (χ1) is 14.1. The Balaban J connectivity index is 1.35. The fourth-order valence-electron chi connectivity index (χ4n) is 3.25. The number of carbonyl (C=O) groups excluding carboxylic acids is 1. The summed E-state index contributed by atoms with van der Waals surface area (Å²) in [5.41, 5.74) is 5.96. The van der Waals surface area contributed by atoms with Crippen LogP contribution in [-0.4, -0.2) is 27.4 Å². The molecule has 0 atom stereocenters. The lowest BCUT2D eigenvalue weighted by Crippen LogP contribution is -2.26. The number of para-hydroxylation sites is 1. The van der Waals surface area contributed by atoms with Crippen LogP contribution in [-0.2, 0) is 6.42 Å². The molecular weight excluding hydrogens is 362 g/mol. The van der Waals surface area contributed by atoms with Crippen LogP contribution in [0.2, 0.25) is 0 Å². The van der Waals surface area contributed by atoms with E-state index in [1.54, 1.807) is 12.4 Å². The van der Waals surface area contributed by atoms with Gasteiger partial charge in [-0.15, -0.1) is 0 Å². The fourth-order valence-corrected chi connectivity index (χ4v) is 3.25. The van der Waals surface area contributed by atoms with E-state index in [2.05, 4.69) is 37.7 Å². The van der Waals surface area contributed by atoms with Crippen LogP contribution in [0.1, 0.15) is 27.0 Å². The van der Waals surface area contributed by atoms with Crippen LogP contribution in [0.15, 0.2) is 61.1 Å². The third-order valence-electron chi connectivity index (χ3n) is 4.91. The second-order valence-corrected chi connectivity index (χ2v) is 7.10. The number of rotatable bonds is 6. The molecule has 0 aliphatic carbocycles. The van der Waals surface area contributed by atoms with E-state index in [0.717, 1.165) is 28.8 Å². The molecule has 0 aliphatic heterocycles. The van der Waals surface area contributed by atoms with E-state index in [-0.39, 0.29) is 5.91 Å². The Morgan fingerprint density at radius 2 is 1.86 bits per heavy atom. The van der Waals surface area contributed by atoms with Crippen molar-refractivity contribution in [1.29, 1.82) is 0 Å². The molecule has 2 heterocycles. The molecule has 4 aromatic rings. The first-order valence-electron chi connectivity index (χ1n) is 9.59. The lowest BCUT2D eigenvalue weighted by Gasteiger charge is -2.09. The lowest BCUT2D eigenvalue weighted by atomic mass is 10.1. The van der Waals surface area contributed by atoms with Crippen molar-refractivity contribution >= 4 is 28.4 Å². The average molecular weight is 385 g/mol. The molecule has 6 heteroatoms. The smallest absolute Gasteiger partial charge is 0.254 e. The van der Waals surface area contributed by atoms with E-state index in [0.29, 0.717) is 18.1 Å². The highest BCUT2D eigenvalue weighted by molar-refractivity contribution is 5.93. The summed E-state index contributed by atoms with van der Waals surface area (Å²) >= 11 is 0. The number of hydrogen-bond acceptors (Lipinski definition) is 4. The highest BCUT2D eigenvalue weighted by Gasteiger charge is 2.09. The lowest BCUT2D eigenvalue weighted by molar-refractivity contribution is 0.0953. The molecule has 146 valence electrons. The number of nitrogens with zero attached hydrogens (tertiary/aromatic N) is 2. The second kappa shape index (κ2) is 8.14. The molecule has 2 aromatic heterocycles. The van der Waals surface area contributed by atoms with Gasteiger partial charge < -0.3 is 15.6 Å². The van der Waals surface area contributed by atoms with Gasteiger partial charge in [-0.2, -0.15) is 0 Å². The maximum absolute atomic E-state index is 12.4. The number of nitrogens with one attached hydrogen (secondary N) is 3. The number of aromatic amines is 1. The second-order valence-electron chi connectivity index (χ2n) is 7.10. The molecule has 2 aromatic carbocycles. The number of anilines is 2. The van der Waals surface area contributed by atoms with Gasteiger partial charge in [0.05, 0.1) is 5.56 Å². The molecule has 0 fully saturated rings. The number of amides is 1. The van der Waals surface area contributed by atoms with Gasteiger partial charge in [-0.25, -0.2) is 9.97 Å². The molecule has 0 bridgehead atoms. The molecule has 3 N–H and O–H groups in total. The van der Waals surface area contributed by atoms with E-state index >= 15 is 0 Å². The largest absolute Gasteiger partial charge is 0.361 e. The highest BCUT2D eigenvalue weighted by atomic mass is 16.1. The van der Waals surface area contributed by atoms with Crippen molar-refractivity contribution < 1.29 is 4.79 Å². The molecule has 0 radical (unpaired) electrons. The Labute approximate surface area is 169 Å². The van der Waals surface area contributed by atoms with Crippen molar-refractivity contribution in [2.24, 2.45) is 0 Å². The average Bonchev–Trinajstić information content (AvgIpc) is 3.14. The highest BCUT2D eigenvalue weighted by Crippen LogP contribution is 2.20. The van der Waals surface area contributed by atoms with Gasteiger partial charge in [0, 0.05) is 41.7 Å². The Morgan fingerprint density at radius 1 is 1.07 bits per heavy atom. The van der Waals surface area contributed by atoms with Crippen molar-refractivity contribution in [2.45, 2.75) is 20.3 Å². The van der Waals surface area contributed by atoms with Gasteiger partial charge in [0.1, 0.15) is 0 Å². The Bertz CT molecular complexity index is 1150. The summed E-state index contributed by atoms with van der Waals surface area (Å²) in [6.45, 7) is 4.61. The fraction of sp³-hybridized carbons (Fsp3) is 0.174. The Morgan fingerprint density at radius 3 is 2.69 bits per heavy atom. The summed E-state index contributed by atoms with van der Waals surface area (Å²) in [5.74, 6) is 0.289. The number of benzene rings is 2. The van der Waals surface area contributed by atoms with Crippen LogP contribution in [0.5, 0.6) is 0 Å². The predicted octanol–water partition coefficient (Wildman–Crippen LogP) is 4.29. The van der Waals surface area contributed by atoms with Gasteiger partial charge in [-0.3, -0.25) is 4.79 Å². The van der Waals surface area contributed by atoms with E-state index in [1.165, 1.54) is 10.9 Å². The van der Waals surface area contributed by atoms with Gasteiger partial charge in [0.15, 0.2) is 0 Å². The van der Waals surface area contributed by atoms with E-state index in [1.807, 2.05) is 50.4 Å². The minimum Gasteiger partial charge on any atom is -0.361 e. The van der Waals surface area contributed by atoms with Crippen LogP contribution in [0, 0.1) is 13.8 Å². The number of fused-ring (bicyclic) bond motifs is 1. The standard InChI is InChI=1S/C23H23N5O/c1-15-7-8-16(2)21(11-15)28-23-26-13-18(14-27-23)22(29)24-10-9-17-12-25-20-6-4-3-5-19(17)20/h3-8,11-14,25H,9-10H2,1-2H3,(H,24,29)(H,26,27,28). The number of aryl methyl sites for hydroxylation is 2. The van der Waals surface area contributed by atoms with Crippen molar-refractivity contribution in [2.75, 3.05) is 11.9 Å². The molecule has 4 rings (SSSR count). The van der Waals surface area contributed by atoms with E-state index < -0.39 is 0 Å². The van der Waals surface area contributed by atoms with Crippen LogP contribution >= 0.6 is 0 Å². The minimum atomic E-state index is -0.178. The first kappa shape index (κ1) is 18.7. The molecule has 1 amide bonds. The molecule has 0 unspecified atom stereocenters. The third kappa shape index (κ3) is 4.27. The molecule has 29 heavy (non-hydrogen) atoms. The zero-order chi connectivity index (χ0) is 20.2. The van der Waals surface area contributed by atoms with Gasteiger partial charge in [-0.05, 0) is 49.1 Å². The van der Waals surface area contributed by atoms with E-state index in [4.69, 9.17) is 0 Å². The Kier molecular flexibility index (Phi) is 5.24. The maximum Gasteiger partial charge on any atom is 0.254 e. The normalized spacial score (nSPS) is 10.8.